The number of nitrogens with one attached hydrogen (secondary N) is 1. The Morgan fingerprint density at radius 1 is 1.25 bits per heavy atom. The maximum atomic E-state index is 12.2. The first-order chi connectivity index (χ1) is 11.7. The van der Waals surface area contributed by atoms with Gasteiger partial charge in [-0.2, -0.15) is 11.3 Å². The van der Waals surface area contributed by atoms with E-state index >= 15 is 0 Å². The molecule has 2 aromatic heterocycles. The number of thiophene rings is 1. The van der Waals surface area contributed by atoms with Crippen LogP contribution in [0, 0.1) is 0 Å². The maximum Gasteiger partial charge on any atom is 0.252 e. The highest BCUT2D eigenvalue weighted by Crippen LogP contribution is 2.13. The van der Waals surface area contributed by atoms with Gasteiger partial charge in [-0.05, 0) is 42.5 Å². The largest absolute Gasteiger partial charge is 0.349 e. The Kier molecular flexibility index (Phi) is 5.38. The standard InChI is InChI=1S/C18H19N3O2S/c22-17(5-4-15-3-1-2-9-19-15)21-10-6-16(7-11-21)20-18(23)14-8-12-24-13-14/h1-5,8-9,12-13,16H,6-7,10-11H2,(H,20,23). The summed E-state index contributed by atoms with van der Waals surface area (Å²) in [5.74, 6) is -0.0423. The number of pyridine rings is 1. The smallest absolute Gasteiger partial charge is 0.252 e. The lowest BCUT2D eigenvalue weighted by atomic mass is 10.0. The van der Waals surface area contributed by atoms with Gasteiger partial charge in [0.15, 0.2) is 0 Å². The van der Waals surface area contributed by atoms with Crippen molar-refractivity contribution in [2.75, 3.05) is 13.1 Å². The molecule has 0 atom stereocenters. The Labute approximate surface area is 145 Å². The minimum absolute atomic E-state index is 0.0109. The SMILES string of the molecule is O=C(NC1CCN(C(=O)C=Cc2ccccn2)CC1)c1ccsc1. The summed E-state index contributed by atoms with van der Waals surface area (Å²) in [5.41, 5.74) is 1.47. The summed E-state index contributed by atoms with van der Waals surface area (Å²) in [6.07, 6.45) is 6.54. The lowest BCUT2D eigenvalue weighted by Gasteiger charge is -2.31. The highest BCUT2D eigenvalue weighted by molar-refractivity contribution is 7.08. The van der Waals surface area contributed by atoms with Gasteiger partial charge in [0.1, 0.15) is 0 Å². The van der Waals surface area contributed by atoms with Gasteiger partial charge in [-0.25, -0.2) is 0 Å². The van der Waals surface area contributed by atoms with Gasteiger partial charge in [0, 0.05) is 42.3 Å². The molecule has 3 heterocycles. The van der Waals surface area contributed by atoms with Crippen LogP contribution >= 0.6 is 11.3 Å². The number of nitrogens with zero attached hydrogens (tertiary/aromatic N) is 2. The molecule has 124 valence electrons. The molecule has 0 aliphatic carbocycles. The number of rotatable bonds is 4. The second kappa shape index (κ2) is 7.88. The first-order valence-corrected chi connectivity index (χ1v) is 8.88. The van der Waals surface area contributed by atoms with Gasteiger partial charge in [-0.15, -0.1) is 0 Å². The number of piperidine rings is 1. The lowest BCUT2D eigenvalue weighted by molar-refractivity contribution is -0.126. The van der Waals surface area contributed by atoms with Crippen molar-refractivity contribution in [3.8, 4) is 0 Å². The van der Waals surface area contributed by atoms with Crippen molar-refractivity contribution in [2.45, 2.75) is 18.9 Å². The number of likely N-dealkylation sites (tertiary alicyclic amines) is 1. The third-order valence-corrected chi connectivity index (χ3v) is 4.69. The van der Waals surface area contributed by atoms with Crippen molar-refractivity contribution >= 4 is 29.2 Å². The molecule has 0 aromatic carbocycles. The molecule has 0 spiro atoms. The predicted molar refractivity (Wildman–Crippen MR) is 94.7 cm³/mol. The molecule has 5 nitrogen and oxygen atoms in total. The van der Waals surface area contributed by atoms with Crippen LogP contribution in [0.2, 0.25) is 0 Å². The fourth-order valence-electron chi connectivity index (χ4n) is 2.64. The zero-order valence-electron chi connectivity index (χ0n) is 13.2. The van der Waals surface area contributed by atoms with Crippen LogP contribution in [0.15, 0.2) is 47.3 Å². The summed E-state index contributed by atoms with van der Waals surface area (Å²) in [6, 6.07) is 7.53. The van der Waals surface area contributed by atoms with E-state index in [2.05, 4.69) is 10.3 Å². The summed E-state index contributed by atoms with van der Waals surface area (Å²) in [6.45, 7) is 1.31. The number of carbonyl (C=O) groups excluding carboxylic acids is 2. The van der Waals surface area contributed by atoms with Crippen molar-refractivity contribution in [1.29, 1.82) is 0 Å². The monoisotopic (exact) mass is 341 g/mol. The number of hydrogen-bond donors (Lipinski definition) is 1. The molecule has 0 saturated carbocycles. The van der Waals surface area contributed by atoms with E-state index in [0.29, 0.717) is 18.7 Å². The van der Waals surface area contributed by atoms with Gasteiger partial charge >= 0.3 is 0 Å². The van der Waals surface area contributed by atoms with Crippen molar-refractivity contribution in [3.63, 3.8) is 0 Å². The molecule has 0 bridgehead atoms. The maximum absolute atomic E-state index is 12.2. The topological polar surface area (TPSA) is 62.3 Å². The molecule has 3 rings (SSSR count). The summed E-state index contributed by atoms with van der Waals surface area (Å²) in [5, 5.41) is 6.78. The fourth-order valence-corrected chi connectivity index (χ4v) is 3.28. The first-order valence-electron chi connectivity index (χ1n) is 7.93. The Balaban J connectivity index is 1.47. The molecule has 6 heteroatoms. The van der Waals surface area contributed by atoms with Crippen LogP contribution in [0.1, 0.15) is 28.9 Å². The third-order valence-electron chi connectivity index (χ3n) is 4.01. The Morgan fingerprint density at radius 3 is 2.75 bits per heavy atom. The highest BCUT2D eigenvalue weighted by atomic mass is 32.1. The molecule has 1 aliphatic rings. The van der Waals surface area contributed by atoms with Crippen molar-refractivity contribution in [1.82, 2.24) is 15.2 Å². The number of aromatic nitrogens is 1. The van der Waals surface area contributed by atoms with E-state index in [1.54, 1.807) is 18.3 Å². The lowest BCUT2D eigenvalue weighted by Crippen LogP contribution is -2.46. The second-order valence-corrected chi connectivity index (χ2v) is 6.45. The van der Waals surface area contributed by atoms with Gasteiger partial charge in [0.2, 0.25) is 5.91 Å². The minimum Gasteiger partial charge on any atom is -0.349 e. The summed E-state index contributed by atoms with van der Waals surface area (Å²) in [4.78, 5) is 30.2. The zero-order chi connectivity index (χ0) is 16.8. The van der Waals surface area contributed by atoms with Gasteiger partial charge in [0.25, 0.3) is 5.91 Å². The van der Waals surface area contributed by atoms with E-state index in [1.165, 1.54) is 11.3 Å². The zero-order valence-corrected chi connectivity index (χ0v) is 14.0. The third kappa shape index (κ3) is 4.29. The van der Waals surface area contributed by atoms with Crippen LogP contribution in [0.3, 0.4) is 0 Å². The molecule has 1 N–H and O–H groups in total. The molecule has 1 aliphatic heterocycles. The average Bonchev–Trinajstić information content (AvgIpc) is 3.16. The Hall–Kier alpha value is -2.47. The van der Waals surface area contributed by atoms with Crippen molar-refractivity contribution in [3.05, 3.63) is 58.6 Å². The van der Waals surface area contributed by atoms with Gasteiger partial charge < -0.3 is 10.2 Å². The number of carbonyl (C=O) groups is 2. The molecule has 1 fully saturated rings. The minimum atomic E-state index is -0.0314. The average molecular weight is 341 g/mol. The normalized spacial score (nSPS) is 15.6. The predicted octanol–water partition coefficient (Wildman–Crippen LogP) is 2.58. The fraction of sp³-hybridized carbons (Fsp3) is 0.278. The van der Waals surface area contributed by atoms with E-state index in [9.17, 15) is 9.59 Å². The molecule has 24 heavy (non-hydrogen) atoms. The van der Waals surface area contributed by atoms with Gasteiger partial charge in [-0.1, -0.05) is 6.07 Å². The van der Waals surface area contributed by atoms with Crippen molar-refractivity contribution in [2.24, 2.45) is 0 Å². The number of hydrogen-bond acceptors (Lipinski definition) is 4. The van der Waals surface area contributed by atoms with E-state index in [1.807, 2.05) is 39.9 Å². The van der Waals surface area contributed by atoms with Crippen molar-refractivity contribution < 1.29 is 9.59 Å². The van der Waals surface area contributed by atoms with E-state index in [-0.39, 0.29) is 17.9 Å². The highest BCUT2D eigenvalue weighted by Gasteiger charge is 2.23. The van der Waals surface area contributed by atoms with Gasteiger partial charge in [0.05, 0.1) is 5.69 Å². The summed E-state index contributed by atoms with van der Waals surface area (Å²) >= 11 is 1.51. The molecule has 0 radical (unpaired) electrons. The van der Waals surface area contributed by atoms with E-state index in [4.69, 9.17) is 0 Å². The van der Waals surface area contributed by atoms with Crippen LogP contribution < -0.4 is 5.32 Å². The quantitative estimate of drug-likeness (QED) is 0.870. The molecule has 1 saturated heterocycles. The Morgan fingerprint density at radius 2 is 2.08 bits per heavy atom. The van der Waals surface area contributed by atoms with E-state index in [0.717, 1.165) is 18.5 Å². The van der Waals surface area contributed by atoms with Crippen LogP contribution in [-0.2, 0) is 4.79 Å². The van der Waals surface area contributed by atoms with Crippen LogP contribution in [0.25, 0.3) is 6.08 Å². The molecule has 0 unspecified atom stereocenters. The van der Waals surface area contributed by atoms with Gasteiger partial charge in [-0.3, -0.25) is 14.6 Å². The van der Waals surface area contributed by atoms with Crippen LogP contribution in [-0.4, -0.2) is 40.8 Å². The molecule has 2 aromatic rings. The summed E-state index contributed by atoms with van der Waals surface area (Å²) < 4.78 is 0. The van der Waals surface area contributed by atoms with Crippen LogP contribution in [0.5, 0.6) is 0 Å². The number of amides is 2. The molecular weight excluding hydrogens is 322 g/mol. The summed E-state index contributed by atoms with van der Waals surface area (Å²) in [7, 11) is 0. The van der Waals surface area contributed by atoms with E-state index < -0.39 is 0 Å². The molecular formula is C18H19N3O2S. The Bertz CT molecular complexity index is 705. The van der Waals surface area contributed by atoms with Crippen LogP contribution in [0.4, 0.5) is 0 Å². The molecule has 2 amide bonds. The second-order valence-electron chi connectivity index (χ2n) is 5.67. The first kappa shape index (κ1) is 16.4.